The second-order valence-corrected chi connectivity index (χ2v) is 6.77. The number of nitrogens with one attached hydrogen (secondary N) is 2. The number of hydrogen-bond acceptors (Lipinski definition) is 5. The lowest BCUT2D eigenvalue weighted by Gasteiger charge is -2.07. The third kappa shape index (κ3) is 4.64. The average Bonchev–Trinajstić information content (AvgIpc) is 2.86. The summed E-state index contributed by atoms with van der Waals surface area (Å²) in [5, 5.41) is 6.35. The number of carbonyl (C=O) groups is 1. The van der Waals surface area contributed by atoms with Gasteiger partial charge in [0.05, 0.1) is 0 Å². The fraction of sp³-hybridized carbons (Fsp3) is 0.333. The van der Waals surface area contributed by atoms with E-state index in [0.29, 0.717) is 12.2 Å². The van der Waals surface area contributed by atoms with Crippen molar-refractivity contribution in [3.63, 3.8) is 0 Å². The minimum Gasteiger partial charge on any atom is -0.360 e. The molecule has 1 aromatic heterocycles. The predicted octanol–water partition coefficient (Wildman–Crippen LogP) is 1.28. The third-order valence-electron chi connectivity index (χ3n) is 3.21. The lowest BCUT2D eigenvalue weighted by molar-refractivity contribution is -0.121. The van der Waals surface area contributed by atoms with Gasteiger partial charge in [-0.1, -0.05) is 35.5 Å². The van der Waals surface area contributed by atoms with Gasteiger partial charge < -0.3 is 9.84 Å². The summed E-state index contributed by atoms with van der Waals surface area (Å²) < 4.78 is 31.5. The summed E-state index contributed by atoms with van der Waals surface area (Å²) in [6, 6.07) is 9.48. The molecule has 0 saturated heterocycles. The molecular formula is C15H19N3O4S. The zero-order valence-electron chi connectivity index (χ0n) is 13.0. The normalized spacial score (nSPS) is 11.4. The summed E-state index contributed by atoms with van der Waals surface area (Å²) in [5.74, 6) is -0.00107. The minimum absolute atomic E-state index is 0.00696. The molecule has 0 aliphatic carbocycles. The number of rotatable bonds is 7. The standard InChI is InChI=1S/C15H19N3O4S/c1-11-15(12(2)22-18-11)23(20,21)17-9-8-14(19)16-10-13-6-4-3-5-7-13/h3-7,17H,8-10H2,1-2H3,(H,16,19). The number of carbonyl (C=O) groups excluding carboxylic acids is 1. The van der Waals surface area contributed by atoms with Gasteiger partial charge in [-0.15, -0.1) is 0 Å². The Balaban J connectivity index is 1.81. The van der Waals surface area contributed by atoms with E-state index in [1.165, 1.54) is 6.92 Å². The van der Waals surface area contributed by atoms with E-state index >= 15 is 0 Å². The molecule has 0 aliphatic heterocycles. The molecule has 2 aromatic rings. The predicted molar refractivity (Wildman–Crippen MR) is 84.1 cm³/mol. The molecule has 1 aromatic carbocycles. The molecule has 0 atom stereocenters. The van der Waals surface area contributed by atoms with Gasteiger partial charge in [-0.2, -0.15) is 0 Å². The van der Waals surface area contributed by atoms with Crippen LogP contribution in [-0.2, 0) is 21.4 Å². The van der Waals surface area contributed by atoms with Crippen LogP contribution >= 0.6 is 0 Å². The van der Waals surface area contributed by atoms with Crippen molar-refractivity contribution in [3.8, 4) is 0 Å². The highest BCUT2D eigenvalue weighted by Gasteiger charge is 2.23. The van der Waals surface area contributed by atoms with Crippen molar-refractivity contribution < 1.29 is 17.7 Å². The summed E-state index contributed by atoms with van der Waals surface area (Å²) >= 11 is 0. The summed E-state index contributed by atoms with van der Waals surface area (Å²) in [5.41, 5.74) is 1.28. The summed E-state index contributed by atoms with van der Waals surface area (Å²) in [7, 11) is -3.73. The maximum atomic E-state index is 12.2. The molecule has 0 unspecified atom stereocenters. The molecule has 8 heteroatoms. The number of benzene rings is 1. The highest BCUT2D eigenvalue weighted by atomic mass is 32.2. The Bertz CT molecular complexity index is 750. The number of sulfonamides is 1. The topological polar surface area (TPSA) is 101 Å². The first-order chi connectivity index (χ1) is 10.9. The van der Waals surface area contributed by atoms with Gasteiger partial charge in [0.2, 0.25) is 15.9 Å². The zero-order chi connectivity index (χ0) is 16.9. The van der Waals surface area contributed by atoms with Crippen LogP contribution in [0.2, 0.25) is 0 Å². The smallest absolute Gasteiger partial charge is 0.245 e. The van der Waals surface area contributed by atoms with E-state index < -0.39 is 10.0 Å². The molecule has 124 valence electrons. The molecule has 0 saturated carbocycles. The fourth-order valence-electron chi connectivity index (χ4n) is 2.11. The number of aryl methyl sites for hydroxylation is 2. The molecule has 23 heavy (non-hydrogen) atoms. The van der Waals surface area contributed by atoms with Crippen molar-refractivity contribution in [2.75, 3.05) is 6.54 Å². The van der Waals surface area contributed by atoms with E-state index in [2.05, 4.69) is 15.2 Å². The second-order valence-electron chi connectivity index (χ2n) is 5.06. The van der Waals surface area contributed by atoms with Crippen molar-refractivity contribution in [2.45, 2.75) is 31.7 Å². The molecule has 7 nitrogen and oxygen atoms in total. The van der Waals surface area contributed by atoms with Crippen LogP contribution in [0.5, 0.6) is 0 Å². The van der Waals surface area contributed by atoms with E-state index in [1.54, 1.807) is 6.92 Å². The summed E-state index contributed by atoms with van der Waals surface area (Å²) in [4.78, 5) is 11.8. The Labute approximate surface area is 135 Å². The van der Waals surface area contributed by atoms with E-state index in [-0.39, 0.29) is 29.5 Å². The lowest BCUT2D eigenvalue weighted by atomic mass is 10.2. The largest absolute Gasteiger partial charge is 0.360 e. The van der Waals surface area contributed by atoms with Crippen LogP contribution in [-0.4, -0.2) is 26.0 Å². The number of aromatic nitrogens is 1. The fourth-order valence-corrected chi connectivity index (χ4v) is 3.47. The highest BCUT2D eigenvalue weighted by Crippen LogP contribution is 2.18. The number of nitrogens with zero attached hydrogens (tertiary/aromatic N) is 1. The Morgan fingerprint density at radius 3 is 2.52 bits per heavy atom. The quantitative estimate of drug-likeness (QED) is 0.792. The van der Waals surface area contributed by atoms with Gasteiger partial charge in [0.25, 0.3) is 0 Å². The second kappa shape index (κ2) is 7.38. The van der Waals surface area contributed by atoms with Gasteiger partial charge in [-0.3, -0.25) is 4.79 Å². The zero-order valence-corrected chi connectivity index (χ0v) is 13.8. The average molecular weight is 337 g/mol. The van der Waals surface area contributed by atoms with Crippen LogP contribution in [0.25, 0.3) is 0 Å². The number of hydrogen-bond donors (Lipinski definition) is 2. The molecule has 0 radical (unpaired) electrons. The first kappa shape index (κ1) is 17.2. The van der Waals surface area contributed by atoms with Crippen molar-refractivity contribution in [3.05, 3.63) is 47.3 Å². The van der Waals surface area contributed by atoms with Crippen LogP contribution in [0.4, 0.5) is 0 Å². The molecule has 2 N–H and O–H groups in total. The Hall–Kier alpha value is -2.19. The van der Waals surface area contributed by atoms with Gasteiger partial charge in [-0.05, 0) is 19.4 Å². The Kier molecular flexibility index (Phi) is 5.51. The van der Waals surface area contributed by atoms with Crippen LogP contribution in [0.3, 0.4) is 0 Å². The van der Waals surface area contributed by atoms with Gasteiger partial charge >= 0.3 is 0 Å². The molecular weight excluding hydrogens is 318 g/mol. The first-order valence-corrected chi connectivity index (χ1v) is 8.61. The lowest BCUT2D eigenvalue weighted by Crippen LogP contribution is -2.31. The van der Waals surface area contributed by atoms with Crippen molar-refractivity contribution >= 4 is 15.9 Å². The van der Waals surface area contributed by atoms with Gasteiger partial charge in [0, 0.05) is 19.5 Å². The molecule has 1 heterocycles. The van der Waals surface area contributed by atoms with Crippen LogP contribution < -0.4 is 10.0 Å². The molecule has 0 spiro atoms. The van der Waals surface area contributed by atoms with Crippen LogP contribution in [0.1, 0.15) is 23.4 Å². The minimum atomic E-state index is -3.73. The van der Waals surface area contributed by atoms with Gasteiger partial charge in [0.15, 0.2) is 5.76 Å². The third-order valence-corrected chi connectivity index (χ3v) is 4.92. The number of amides is 1. The van der Waals surface area contributed by atoms with Crippen LogP contribution in [0, 0.1) is 13.8 Å². The van der Waals surface area contributed by atoms with Gasteiger partial charge in [-0.25, -0.2) is 13.1 Å². The molecule has 0 fully saturated rings. The Morgan fingerprint density at radius 1 is 1.22 bits per heavy atom. The monoisotopic (exact) mass is 337 g/mol. The molecule has 2 rings (SSSR count). The SMILES string of the molecule is Cc1noc(C)c1S(=O)(=O)NCCC(=O)NCc1ccccc1. The van der Waals surface area contributed by atoms with E-state index in [9.17, 15) is 13.2 Å². The van der Waals surface area contributed by atoms with Crippen molar-refractivity contribution in [1.82, 2.24) is 15.2 Å². The molecule has 0 aliphatic rings. The maximum Gasteiger partial charge on any atom is 0.245 e. The first-order valence-electron chi connectivity index (χ1n) is 7.13. The van der Waals surface area contributed by atoms with E-state index in [4.69, 9.17) is 4.52 Å². The summed E-state index contributed by atoms with van der Waals surface area (Å²) in [6.45, 7) is 3.50. The van der Waals surface area contributed by atoms with Crippen molar-refractivity contribution in [1.29, 1.82) is 0 Å². The molecule has 1 amide bonds. The van der Waals surface area contributed by atoms with Crippen LogP contribution in [0.15, 0.2) is 39.8 Å². The van der Waals surface area contributed by atoms with E-state index in [1.807, 2.05) is 30.3 Å². The Morgan fingerprint density at radius 2 is 1.91 bits per heavy atom. The maximum absolute atomic E-state index is 12.2. The highest BCUT2D eigenvalue weighted by molar-refractivity contribution is 7.89. The molecule has 0 bridgehead atoms. The summed E-state index contributed by atoms with van der Waals surface area (Å²) in [6.07, 6.45) is 0.0510. The van der Waals surface area contributed by atoms with E-state index in [0.717, 1.165) is 5.56 Å². The van der Waals surface area contributed by atoms with Gasteiger partial charge in [0.1, 0.15) is 10.6 Å². The van der Waals surface area contributed by atoms with Crippen molar-refractivity contribution in [2.24, 2.45) is 0 Å².